The van der Waals surface area contributed by atoms with E-state index in [-0.39, 0.29) is 0 Å². The van der Waals surface area contributed by atoms with E-state index in [0.29, 0.717) is 10.0 Å². The van der Waals surface area contributed by atoms with Gasteiger partial charge in [0.1, 0.15) is 6.10 Å². The van der Waals surface area contributed by atoms with Gasteiger partial charge >= 0.3 is 0 Å². The van der Waals surface area contributed by atoms with Crippen molar-refractivity contribution < 1.29 is 5.11 Å². The van der Waals surface area contributed by atoms with Crippen molar-refractivity contribution in [1.82, 2.24) is 0 Å². The van der Waals surface area contributed by atoms with E-state index in [4.69, 9.17) is 23.2 Å². The van der Waals surface area contributed by atoms with Gasteiger partial charge in [-0.1, -0.05) is 53.5 Å². The number of rotatable bonds is 2. The van der Waals surface area contributed by atoms with Crippen LogP contribution in [0.15, 0.2) is 47.8 Å². The van der Waals surface area contributed by atoms with Gasteiger partial charge in [0.2, 0.25) is 0 Å². The van der Waals surface area contributed by atoms with Crippen molar-refractivity contribution in [3.05, 3.63) is 68.3 Å². The van der Waals surface area contributed by atoms with E-state index in [9.17, 15) is 5.11 Å². The molecule has 3 aromatic rings. The van der Waals surface area contributed by atoms with Gasteiger partial charge < -0.3 is 5.11 Å². The molecule has 3 rings (SSSR count). The van der Waals surface area contributed by atoms with Crippen LogP contribution in [0, 0.1) is 0 Å². The molecule has 0 fully saturated rings. The first-order valence-electron chi connectivity index (χ1n) is 5.76. The van der Waals surface area contributed by atoms with E-state index in [0.717, 1.165) is 21.2 Å². The highest BCUT2D eigenvalue weighted by Gasteiger charge is 2.18. The van der Waals surface area contributed by atoms with E-state index < -0.39 is 6.10 Å². The maximum absolute atomic E-state index is 10.5. The van der Waals surface area contributed by atoms with Crippen LogP contribution in [0.3, 0.4) is 0 Å². The minimum Gasteiger partial charge on any atom is -0.383 e. The second-order valence-electron chi connectivity index (χ2n) is 4.22. The Labute approximate surface area is 125 Å². The zero-order valence-corrected chi connectivity index (χ0v) is 12.1. The number of thiophene rings is 1. The van der Waals surface area contributed by atoms with Gasteiger partial charge in [-0.3, -0.25) is 0 Å². The lowest BCUT2D eigenvalue weighted by Crippen LogP contribution is -1.99. The lowest BCUT2D eigenvalue weighted by molar-refractivity contribution is 0.226. The largest absolute Gasteiger partial charge is 0.383 e. The molecule has 0 aliphatic rings. The Kier molecular flexibility index (Phi) is 3.50. The highest BCUT2D eigenvalue weighted by molar-refractivity contribution is 7.10. The zero-order valence-electron chi connectivity index (χ0n) is 9.81. The Morgan fingerprint density at radius 3 is 2.32 bits per heavy atom. The summed E-state index contributed by atoms with van der Waals surface area (Å²) in [5.74, 6) is 0. The molecule has 1 atom stereocenters. The molecular formula is C15H10Cl2OS. The van der Waals surface area contributed by atoms with E-state index in [1.165, 1.54) is 11.3 Å². The third kappa shape index (κ3) is 2.26. The SMILES string of the molecule is OC(c1sccc1Cl)c1ccc(Cl)c2ccccc12. The predicted octanol–water partition coefficient (Wildman–Crippen LogP) is 5.29. The first-order chi connectivity index (χ1) is 9.18. The number of hydrogen-bond donors (Lipinski definition) is 1. The molecule has 0 bridgehead atoms. The van der Waals surface area contributed by atoms with Crippen molar-refractivity contribution >= 4 is 45.3 Å². The van der Waals surface area contributed by atoms with Crippen LogP contribution in [-0.4, -0.2) is 5.11 Å². The van der Waals surface area contributed by atoms with Gasteiger partial charge in [0.15, 0.2) is 0 Å². The molecule has 96 valence electrons. The fraction of sp³-hybridized carbons (Fsp3) is 0.0667. The molecule has 1 heterocycles. The van der Waals surface area contributed by atoms with Gasteiger partial charge in [0, 0.05) is 10.4 Å². The number of halogens is 2. The number of aliphatic hydroxyl groups is 1. The average Bonchev–Trinajstić information content (AvgIpc) is 2.85. The number of aliphatic hydroxyl groups excluding tert-OH is 1. The van der Waals surface area contributed by atoms with Crippen molar-refractivity contribution in [3.8, 4) is 0 Å². The molecule has 0 saturated heterocycles. The lowest BCUT2D eigenvalue weighted by Gasteiger charge is -2.14. The first-order valence-corrected chi connectivity index (χ1v) is 7.40. The molecular weight excluding hydrogens is 299 g/mol. The van der Waals surface area contributed by atoms with Crippen LogP contribution in [0.25, 0.3) is 10.8 Å². The highest BCUT2D eigenvalue weighted by atomic mass is 35.5. The first kappa shape index (κ1) is 12.9. The lowest BCUT2D eigenvalue weighted by atomic mass is 9.99. The molecule has 0 aliphatic heterocycles. The zero-order chi connectivity index (χ0) is 13.4. The summed E-state index contributed by atoms with van der Waals surface area (Å²) < 4.78 is 0. The Hall–Kier alpha value is -1.06. The average molecular weight is 309 g/mol. The quantitative estimate of drug-likeness (QED) is 0.682. The maximum Gasteiger partial charge on any atom is 0.115 e. The Balaban J connectivity index is 2.21. The molecule has 0 aliphatic carbocycles. The fourth-order valence-corrected chi connectivity index (χ4v) is 3.56. The summed E-state index contributed by atoms with van der Waals surface area (Å²) >= 11 is 13.7. The van der Waals surface area contributed by atoms with Crippen LogP contribution >= 0.6 is 34.5 Å². The highest BCUT2D eigenvalue weighted by Crippen LogP contribution is 2.37. The third-order valence-corrected chi connectivity index (χ3v) is 4.83. The van der Waals surface area contributed by atoms with E-state index in [1.807, 2.05) is 41.8 Å². The smallest absolute Gasteiger partial charge is 0.115 e. The van der Waals surface area contributed by atoms with E-state index in [1.54, 1.807) is 6.07 Å². The van der Waals surface area contributed by atoms with Crippen molar-refractivity contribution in [3.63, 3.8) is 0 Å². The molecule has 1 N–H and O–H groups in total. The molecule has 0 saturated carbocycles. The number of benzene rings is 2. The number of hydrogen-bond acceptors (Lipinski definition) is 2. The van der Waals surface area contributed by atoms with Crippen LogP contribution < -0.4 is 0 Å². The molecule has 1 aromatic heterocycles. The van der Waals surface area contributed by atoms with Crippen LogP contribution in [0.5, 0.6) is 0 Å². The van der Waals surface area contributed by atoms with Crippen LogP contribution in [0.2, 0.25) is 10.0 Å². The van der Waals surface area contributed by atoms with Crippen LogP contribution in [0.1, 0.15) is 16.5 Å². The summed E-state index contributed by atoms with van der Waals surface area (Å²) in [6.07, 6.45) is -0.727. The monoisotopic (exact) mass is 308 g/mol. The third-order valence-electron chi connectivity index (χ3n) is 3.09. The van der Waals surface area contributed by atoms with Crippen molar-refractivity contribution in [1.29, 1.82) is 0 Å². The summed E-state index contributed by atoms with van der Waals surface area (Å²) in [6.45, 7) is 0. The van der Waals surface area contributed by atoms with Crippen molar-refractivity contribution in [2.75, 3.05) is 0 Å². The van der Waals surface area contributed by atoms with Crippen molar-refractivity contribution in [2.45, 2.75) is 6.10 Å². The standard InChI is InChI=1S/C15H10Cl2OS/c16-12-6-5-11(9-3-1-2-4-10(9)12)14(18)15-13(17)7-8-19-15/h1-8,14,18H. The van der Waals surface area contributed by atoms with Gasteiger partial charge in [0.25, 0.3) is 0 Å². The van der Waals surface area contributed by atoms with Crippen LogP contribution in [-0.2, 0) is 0 Å². The second-order valence-corrected chi connectivity index (χ2v) is 5.98. The van der Waals surface area contributed by atoms with Gasteiger partial charge in [0.05, 0.1) is 9.90 Å². The summed E-state index contributed by atoms with van der Waals surface area (Å²) in [4.78, 5) is 0.758. The van der Waals surface area contributed by atoms with Gasteiger partial charge in [-0.05, 0) is 28.5 Å². The van der Waals surface area contributed by atoms with Gasteiger partial charge in [-0.2, -0.15) is 0 Å². The summed E-state index contributed by atoms with van der Waals surface area (Å²) in [5, 5.41) is 15.6. The topological polar surface area (TPSA) is 20.2 Å². The molecule has 4 heteroatoms. The summed E-state index contributed by atoms with van der Waals surface area (Å²) in [7, 11) is 0. The molecule has 2 aromatic carbocycles. The number of fused-ring (bicyclic) bond motifs is 1. The molecule has 0 radical (unpaired) electrons. The molecule has 1 nitrogen and oxygen atoms in total. The van der Waals surface area contributed by atoms with Crippen LogP contribution in [0.4, 0.5) is 0 Å². The van der Waals surface area contributed by atoms with E-state index >= 15 is 0 Å². The predicted molar refractivity (Wildman–Crippen MR) is 82.3 cm³/mol. The minimum absolute atomic E-state index is 0.594. The summed E-state index contributed by atoms with van der Waals surface area (Å²) in [5.41, 5.74) is 0.823. The molecule has 0 amide bonds. The Bertz CT molecular complexity index is 736. The summed E-state index contributed by atoms with van der Waals surface area (Å²) in [6, 6.07) is 13.2. The molecule has 19 heavy (non-hydrogen) atoms. The normalized spacial score (nSPS) is 12.8. The Morgan fingerprint density at radius 2 is 1.63 bits per heavy atom. The van der Waals surface area contributed by atoms with Gasteiger partial charge in [-0.25, -0.2) is 0 Å². The maximum atomic E-state index is 10.5. The fourth-order valence-electron chi connectivity index (χ4n) is 2.17. The second kappa shape index (κ2) is 5.14. The van der Waals surface area contributed by atoms with Gasteiger partial charge in [-0.15, -0.1) is 11.3 Å². The Morgan fingerprint density at radius 1 is 0.895 bits per heavy atom. The van der Waals surface area contributed by atoms with Crippen molar-refractivity contribution in [2.24, 2.45) is 0 Å². The molecule has 1 unspecified atom stereocenters. The van der Waals surface area contributed by atoms with E-state index in [2.05, 4.69) is 0 Å². The molecule has 0 spiro atoms. The minimum atomic E-state index is -0.727.